The number of hydrogen-bond donors (Lipinski definition) is 0. The molecule has 5 heteroatoms. The third-order valence-corrected chi connectivity index (χ3v) is 5.07. The molecule has 0 radical (unpaired) electrons. The average Bonchev–Trinajstić information content (AvgIpc) is 3.05. The van der Waals surface area contributed by atoms with Gasteiger partial charge in [0, 0.05) is 11.3 Å². The molecule has 0 saturated heterocycles. The number of benzene rings is 1. The molecule has 1 aromatic heterocycles. The minimum Gasteiger partial charge on any atom is -0.497 e. The Morgan fingerprint density at radius 3 is 2.64 bits per heavy atom. The Balaban J connectivity index is 1.51. The molecule has 118 valence electrons. The van der Waals surface area contributed by atoms with Crippen molar-refractivity contribution in [2.75, 3.05) is 12.9 Å². The van der Waals surface area contributed by atoms with Crippen molar-refractivity contribution >= 4 is 11.8 Å². The van der Waals surface area contributed by atoms with E-state index >= 15 is 0 Å². The quantitative estimate of drug-likeness (QED) is 0.715. The van der Waals surface area contributed by atoms with Crippen LogP contribution in [0, 0.1) is 5.92 Å². The minimum atomic E-state index is 0.572. The van der Waals surface area contributed by atoms with Gasteiger partial charge in [0.05, 0.1) is 7.11 Å². The van der Waals surface area contributed by atoms with Crippen LogP contribution in [0.4, 0.5) is 0 Å². The number of hydrogen-bond acceptors (Lipinski definition) is 5. The van der Waals surface area contributed by atoms with Gasteiger partial charge in [-0.05, 0) is 36.6 Å². The Hall–Kier alpha value is -1.49. The first-order chi connectivity index (χ1) is 10.8. The molecule has 0 amide bonds. The third-order valence-electron chi connectivity index (χ3n) is 4.22. The van der Waals surface area contributed by atoms with E-state index in [1.165, 1.54) is 38.5 Å². The Kier molecular flexibility index (Phi) is 5.38. The molecular formula is C17H22N2O2S. The number of nitrogens with zero attached hydrogens (tertiary/aromatic N) is 2. The summed E-state index contributed by atoms with van der Waals surface area (Å²) in [6.07, 6.45) is 8.25. The Morgan fingerprint density at radius 1 is 1.14 bits per heavy atom. The van der Waals surface area contributed by atoms with E-state index < -0.39 is 0 Å². The normalized spacial score (nSPS) is 15.9. The van der Waals surface area contributed by atoms with E-state index in [4.69, 9.17) is 9.15 Å². The first-order valence-electron chi connectivity index (χ1n) is 7.96. The molecule has 1 fully saturated rings. The zero-order valence-electron chi connectivity index (χ0n) is 13.0. The standard InChI is InChI=1S/C17H22N2O2S/c1-20-15-9-7-14(8-10-15)16-18-19-17(21-16)22-12-11-13-5-3-2-4-6-13/h7-10,13H,2-6,11-12H2,1H3. The van der Waals surface area contributed by atoms with E-state index in [1.54, 1.807) is 18.9 Å². The monoisotopic (exact) mass is 318 g/mol. The van der Waals surface area contributed by atoms with Gasteiger partial charge in [-0.15, -0.1) is 10.2 Å². The van der Waals surface area contributed by atoms with Crippen molar-refractivity contribution in [1.29, 1.82) is 0 Å². The number of rotatable bonds is 6. The van der Waals surface area contributed by atoms with Gasteiger partial charge in [-0.25, -0.2) is 0 Å². The summed E-state index contributed by atoms with van der Waals surface area (Å²) in [6.45, 7) is 0. The van der Waals surface area contributed by atoms with E-state index in [9.17, 15) is 0 Å². The molecule has 0 bridgehead atoms. The SMILES string of the molecule is COc1ccc(-c2nnc(SCCC3CCCCC3)o2)cc1. The van der Waals surface area contributed by atoms with Crippen molar-refractivity contribution in [2.45, 2.75) is 43.7 Å². The predicted octanol–water partition coefficient (Wildman–Crippen LogP) is 4.81. The van der Waals surface area contributed by atoms with Gasteiger partial charge >= 0.3 is 0 Å². The molecule has 1 saturated carbocycles. The second kappa shape index (κ2) is 7.68. The van der Waals surface area contributed by atoms with Gasteiger partial charge in [0.1, 0.15) is 5.75 Å². The van der Waals surface area contributed by atoms with Crippen LogP contribution in [0.2, 0.25) is 0 Å². The van der Waals surface area contributed by atoms with Crippen molar-refractivity contribution in [1.82, 2.24) is 10.2 Å². The number of thioether (sulfide) groups is 1. The lowest BCUT2D eigenvalue weighted by atomic mass is 9.88. The third kappa shape index (κ3) is 4.03. The Labute approximate surface area is 135 Å². The summed E-state index contributed by atoms with van der Waals surface area (Å²) in [4.78, 5) is 0. The Bertz CT molecular complexity index is 577. The minimum absolute atomic E-state index is 0.572. The van der Waals surface area contributed by atoms with Gasteiger partial charge in [0.2, 0.25) is 5.89 Å². The second-order valence-corrected chi connectivity index (χ2v) is 6.79. The number of ether oxygens (including phenoxy) is 1. The lowest BCUT2D eigenvalue weighted by molar-refractivity contribution is 0.351. The summed E-state index contributed by atoms with van der Waals surface area (Å²) in [5.74, 6) is 3.35. The maximum atomic E-state index is 5.73. The lowest BCUT2D eigenvalue weighted by Crippen LogP contribution is -2.06. The molecule has 0 atom stereocenters. The van der Waals surface area contributed by atoms with E-state index in [1.807, 2.05) is 24.3 Å². The van der Waals surface area contributed by atoms with Crippen LogP contribution in [0.1, 0.15) is 38.5 Å². The molecule has 0 unspecified atom stereocenters. The molecule has 1 aliphatic rings. The summed E-state index contributed by atoms with van der Waals surface area (Å²) in [5.41, 5.74) is 0.924. The first-order valence-corrected chi connectivity index (χ1v) is 8.94. The summed E-state index contributed by atoms with van der Waals surface area (Å²) < 4.78 is 10.9. The highest BCUT2D eigenvalue weighted by molar-refractivity contribution is 7.99. The van der Waals surface area contributed by atoms with Gasteiger partial charge in [0.15, 0.2) is 0 Å². The zero-order valence-corrected chi connectivity index (χ0v) is 13.8. The summed E-state index contributed by atoms with van der Waals surface area (Å²) >= 11 is 1.67. The van der Waals surface area contributed by atoms with Gasteiger partial charge in [-0.2, -0.15) is 0 Å². The van der Waals surface area contributed by atoms with Crippen molar-refractivity contribution in [3.05, 3.63) is 24.3 Å². The van der Waals surface area contributed by atoms with Crippen LogP contribution in [-0.2, 0) is 0 Å². The highest BCUT2D eigenvalue weighted by atomic mass is 32.2. The average molecular weight is 318 g/mol. The van der Waals surface area contributed by atoms with Gasteiger partial charge in [-0.3, -0.25) is 0 Å². The van der Waals surface area contributed by atoms with Gasteiger partial charge in [0.25, 0.3) is 5.22 Å². The van der Waals surface area contributed by atoms with E-state index in [-0.39, 0.29) is 0 Å². The highest BCUT2D eigenvalue weighted by Crippen LogP contribution is 2.30. The van der Waals surface area contributed by atoms with Crippen molar-refractivity contribution in [3.8, 4) is 17.2 Å². The van der Waals surface area contributed by atoms with Crippen molar-refractivity contribution in [3.63, 3.8) is 0 Å². The predicted molar refractivity (Wildman–Crippen MR) is 88.2 cm³/mol. The topological polar surface area (TPSA) is 48.2 Å². The zero-order chi connectivity index (χ0) is 15.2. The summed E-state index contributed by atoms with van der Waals surface area (Å²) in [6, 6.07) is 7.66. The van der Waals surface area contributed by atoms with E-state index in [0.29, 0.717) is 11.1 Å². The molecule has 0 spiro atoms. The highest BCUT2D eigenvalue weighted by Gasteiger charge is 2.14. The molecule has 1 aliphatic carbocycles. The molecule has 3 rings (SSSR count). The van der Waals surface area contributed by atoms with E-state index in [0.717, 1.165) is 23.0 Å². The smallest absolute Gasteiger partial charge is 0.276 e. The van der Waals surface area contributed by atoms with Gasteiger partial charge < -0.3 is 9.15 Å². The number of methoxy groups -OCH3 is 1. The molecule has 4 nitrogen and oxygen atoms in total. The fraction of sp³-hybridized carbons (Fsp3) is 0.529. The van der Waals surface area contributed by atoms with Crippen LogP contribution >= 0.6 is 11.8 Å². The van der Waals surface area contributed by atoms with Crippen LogP contribution in [0.25, 0.3) is 11.5 Å². The van der Waals surface area contributed by atoms with E-state index in [2.05, 4.69) is 10.2 Å². The number of aromatic nitrogens is 2. The largest absolute Gasteiger partial charge is 0.497 e. The van der Waals surface area contributed by atoms with Crippen molar-refractivity contribution in [2.24, 2.45) is 5.92 Å². The van der Waals surface area contributed by atoms with Crippen molar-refractivity contribution < 1.29 is 9.15 Å². The van der Waals surface area contributed by atoms with Crippen LogP contribution in [-0.4, -0.2) is 23.1 Å². The van der Waals surface area contributed by atoms with Crippen LogP contribution in [0.5, 0.6) is 5.75 Å². The molecule has 2 aromatic rings. The first kappa shape index (κ1) is 15.4. The molecule has 22 heavy (non-hydrogen) atoms. The molecule has 1 heterocycles. The summed E-state index contributed by atoms with van der Waals surface area (Å²) in [5, 5.41) is 8.93. The molecule has 1 aromatic carbocycles. The lowest BCUT2D eigenvalue weighted by Gasteiger charge is -2.20. The Morgan fingerprint density at radius 2 is 1.91 bits per heavy atom. The van der Waals surface area contributed by atoms with Crippen LogP contribution in [0.15, 0.2) is 33.9 Å². The fourth-order valence-electron chi connectivity index (χ4n) is 2.91. The van der Waals surface area contributed by atoms with Gasteiger partial charge in [-0.1, -0.05) is 43.9 Å². The van der Waals surface area contributed by atoms with Crippen LogP contribution < -0.4 is 4.74 Å². The molecular weight excluding hydrogens is 296 g/mol. The fourth-order valence-corrected chi connectivity index (χ4v) is 3.77. The molecule has 0 aliphatic heterocycles. The summed E-state index contributed by atoms with van der Waals surface area (Å²) in [7, 11) is 1.66. The maximum absolute atomic E-state index is 5.73. The van der Waals surface area contributed by atoms with Crippen LogP contribution in [0.3, 0.4) is 0 Å². The second-order valence-electron chi connectivity index (χ2n) is 5.74. The maximum Gasteiger partial charge on any atom is 0.276 e. The molecule has 0 N–H and O–H groups in total.